The van der Waals surface area contributed by atoms with Gasteiger partial charge in [0.1, 0.15) is 12.1 Å². The molecule has 6 nitrogen and oxygen atoms in total. The fourth-order valence-electron chi connectivity index (χ4n) is 1.30. The summed E-state index contributed by atoms with van der Waals surface area (Å²) in [6, 6.07) is 1.66. The number of anilines is 1. The van der Waals surface area contributed by atoms with Gasteiger partial charge in [-0.25, -0.2) is 4.79 Å². The summed E-state index contributed by atoms with van der Waals surface area (Å²) in [6.07, 6.45) is 0.950. The van der Waals surface area contributed by atoms with Crippen LogP contribution < -0.4 is 5.32 Å². The van der Waals surface area contributed by atoms with Crippen LogP contribution in [0.1, 0.15) is 32.0 Å². The van der Waals surface area contributed by atoms with Crippen molar-refractivity contribution in [2.45, 2.75) is 39.8 Å². The summed E-state index contributed by atoms with van der Waals surface area (Å²) in [4.78, 5) is 25.9. The van der Waals surface area contributed by atoms with Crippen molar-refractivity contribution >= 4 is 11.8 Å². The predicted molar refractivity (Wildman–Crippen MR) is 68.3 cm³/mol. The number of pyridine rings is 1. The van der Waals surface area contributed by atoms with E-state index in [-0.39, 0.29) is 6.54 Å². The molecule has 18 heavy (non-hydrogen) atoms. The molecule has 0 radical (unpaired) electrons. The number of aromatic nitrogens is 1. The minimum atomic E-state index is -0.560. The average molecular weight is 251 g/mol. The van der Waals surface area contributed by atoms with Crippen LogP contribution in [0.4, 0.5) is 10.5 Å². The van der Waals surface area contributed by atoms with E-state index in [0.29, 0.717) is 16.9 Å². The maximum absolute atomic E-state index is 11.5. The molecule has 0 saturated carbocycles. The van der Waals surface area contributed by atoms with Crippen molar-refractivity contribution in [3.8, 4) is 0 Å². The van der Waals surface area contributed by atoms with E-state index in [9.17, 15) is 9.70 Å². The molecule has 1 rings (SSSR count). The number of nitroso groups, excluding NO2 is 1. The van der Waals surface area contributed by atoms with Crippen LogP contribution in [0.3, 0.4) is 0 Å². The van der Waals surface area contributed by atoms with Crippen LogP contribution in [-0.4, -0.2) is 16.7 Å². The highest BCUT2D eigenvalue weighted by atomic mass is 16.6. The number of hydrogen-bond donors (Lipinski definition) is 1. The predicted octanol–water partition coefficient (Wildman–Crippen LogP) is 3.00. The topological polar surface area (TPSA) is 80.7 Å². The summed E-state index contributed by atoms with van der Waals surface area (Å²) in [5, 5.41) is 5.37. The number of amides is 1. The Hall–Kier alpha value is -1.98. The van der Waals surface area contributed by atoms with Gasteiger partial charge >= 0.3 is 6.09 Å². The first-order valence-electron chi connectivity index (χ1n) is 5.56. The Bertz CT molecular complexity index is 452. The second-order valence-corrected chi connectivity index (χ2v) is 4.88. The van der Waals surface area contributed by atoms with E-state index in [2.05, 4.69) is 15.5 Å². The lowest BCUT2D eigenvalue weighted by Gasteiger charge is -2.19. The van der Waals surface area contributed by atoms with Crippen LogP contribution in [-0.2, 0) is 11.3 Å². The molecule has 1 amide bonds. The Morgan fingerprint density at radius 2 is 2.17 bits per heavy atom. The molecule has 1 heterocycles. The van der Waals surface area contributed by atoms with Crippen LogP contribution in [0.25, 0.3) is 0 Å². The number of nitrogens with one attached hydrogen (secondary N) is 1. The Balaban J connectivity index is 2.76. The summed E-state index contributed by atoms with van der Waals surface area (Å²) in [5.41, 5.74) is 1.31. The molecular weight excluding hydrogens is 234 g/mol. The third kappa shape index (κ3) is 4.48. The van der Waals surface area contributed by atoms with Gasteiger partial charge in [-0.05, 0) is 33.8 Å². The second-order valence-electron chi connectivity index (χ2n) is 4.88. The van der Waals surface area contributed by atoms with Gasteiger partial charge in [0.2, 0.25) is 0 Å². The van der Waals surface area contributed by atoms with Crippen molar-refractivity contribution in [1.29, 1.82) is 0 Å². The number of ether oxygens (including phenoxy) is 1. The molecule has 1 aromatic heterocycles. The largest absolute Gasteiger partial charge is 0.444 e. The molecule has 0 unspecified atom stereocenters. The molecule has 0 aliphatic heterocycles. The maximum Gasteiger partial charge on any atom is 0.412 e. The summed E-state index contributed by atoms with van der Waals surface area (Å²) in [6.45, 7) is 7.14. The molecule has 0 fully saturated rings. The minimum absolute atomic E-state index is 0.0304. The lowest BCUT2D eigenvalue weighted by atomic mass is 10.2. The van der Waals surface area contributed by atoms with Crippen molar-refractivity contribution in [2.24, 2.45) is 5.18 Å². The minimum Gasteiger partial charge on any atom is -0.444 e. The SMILES string of the molecule is Cc1ncc(NC(=O)OC(C)(C)C)cc1CN=O. The van der Waals surface area contributed by atoms with Gasteiger partial charge in [-0.2, -0.15) is 4.91 Å². The average Bonchev–Trinajstić information content (AvgIpc) is 2.20. The molecule has 0 bridgehead atoms. The van der Waals surface area contributed by atoms with E-state index in [4.69, 9.17) is 4.74 Å². The Morgan fingerprint density at radius 3 is 2.72 bits per heavy atom. The number of nitrogens with zero attached hydrogens (tertiary/aromatic N) is 2. The Morgan fingerprint density at radius 1 is 1.50 bits per heavy atom. The van der Waals surface area contributed by atoms with Gasteiger partial charge in [0.25, 0.3) is 0 Å². The molecule has 0 spiro atoms. The highest BCUT2D eigenvalue weighted by Gasteiger charge is 2.16. The van der Waals surface area contributed by atoms with Crippen molar-refractivity contribution in [1.82, 2.24) is 4.98 Å². The number of hydrogen-bond acceptors (Lipinski definition) is 5. The van der Waals surface area contributed by atoms with Gasteiger partial charge in [-0.15, -0.1) is 0 Å². The Labute approximate surface area is 106 Å². The zero-order chi connectivity index (χ0) is 13.8. The number of aryl methyl sites for hydroxylation is 1. The molecule has 0 aromatic carbocycles. The van der Waals surface area contributed by atoms with Gasteiger partial charge < -0.3 is 4.74 Å². The highest BCUT2D eigenvalue weighted by molar-refractivity contribution is 5.84. The van der Waals surface area contributed by atoms with E-state index in [1.165, 1.54) is 6.20 Å². The first-order valence-corrected chi connectivity index (χ1v) is 5.56. The standard InChI is InChI=1S/C12H17N3O3/c1-8-9(6-14-17)5-10(7-13-8)15-11(16)18-12(2,3)4/h5,7H,6H2,1-4H3,(H,15,16). The lowest BCUT2D eigenvalue weighted by Crippen LogP contribution is -2.27. The van der Waals surface area contributed by atoms with E-state index in [1.54, 1.807) is 33.8 Å². The maximum atomic E-state index is 11.5. The van der Waals surface area contributed by atoms with E-state index in [0.717, 1.165) is 0 Å². The van der Waals surface area contributed by atoms with Gasteiger partial charge in [0.15, 0.2) is 0 Å². The quantitative estimate of drug-likeness (QED) is 0.837. The zero-order valence-electron chi connectivity index (χ0n) is 11.0. The molecular formula is C12H17N3O3. The molecule has 98 valence electrons. The first-order chi connectivity index (χ1) is 8.31. The van der Waals surface area contributed by atoms with Crippen LogP contribution in [0, 0.1) is 11.8 Å². The van der Waals surface area contributed by atoms with Crippen LogP contribution in [0.15, 0.2) is 17.4 Å². The smallest absolute Gasteiger partial charge is 0.412 e. The number of rotatable bonds is 3. The third-order valence-corrected chi connectivity index (χ3v) is 2.07. The normalized spacial score (nSPS) is 10.9. The van der Waals surface area contributed by atoms with Crippen LogP contribution >= 0.6 is 0 Å². The molecule has 0 aliphatic rings. The van der Waals surface area contributed by atoms with Gasteiger partial charge in [0, 0.05) is 11.3 Å². The molecule has 0 aliphatic carbocycles. The molecule has 1 N–H and O–H groups in total. The highest BCUT2D eigenvalue weighted by Crippen LogP contribution is 2.15. The molecule has 6 heteroatoms. The monoisotopic (exact) mass is 251 g/mol. The fraction of sp³-hybridized carbons (Fsp3) is 0.500. The first kappa shape index (κ1) is 14.1. The van der Waals surface area contributed by atoms with Crippen molar-refractivity contribution < 1.29 is 9.53 Å². The van der Waals surface area contributed by atoms with Crippen LogP contribution in [0.2, 0.25) is 0 Å². The number of carbonyl (C=O) groups is 1. The second kappa shape index (κ2) is 5.57. The molecule has 0 atom stereocenters. The van der Waals surface area contributed by atoms with Gasteiger partial charge in [-0.1, -0.05) is 5.18 Å². The van der Waals surface area contributed by atoms with Gasteiger partial charge in [0.05, 0.1) is 11.9 Å². The summed E-state index contributed by atoms with van der Waals surface area (Å²) in [7, 11) is 0. The van der Waals surface area contributed by atoms with Crippen molar-refractivity contribution in [3.63, 3.8) is 0 Å². The van der Waals surface area contributed by atoms with Crippen molar-refractivity contribution in [2.75, 3.05) is 5.32 Å². The third-order valence-electron chi connectivity index (χ3n) is 2.07. The number of carbonyl (C=O) groups excluding carboxylic acids is 1. The van der Waals surface area contributed by atoms with Crippen molar-refractivity contribution in [3.05, 3.63) is 28.4 Å². The lowest BCUT2D eigenvalue weighted by molar-refractivity contribution is 0.0636. The Kier molecular flexibility index (Phi) is 4.36. The summed E-state index contributed by atoms with van der Waals surface area (Å²) in [5.74, 6) is 0. The van der Waals surface area contributed by atoms with E-state index < -0.39 is 11.7 Å². The summed E-state index contributed by atoms with van der Waals surface area (Å²) >= 11 is 0. The van der Waals surface area contributed by atoms with E-state index >= 15 is 0 Å². The zero-order valence-corrected chi connectivity index (χ0v) is 11.0. The van der Waals surface area contributed by atoms with Gasteiger partial charge in [-0.3, -0.25) is 10.3 Å². The van der Waals surface area contributed by atoms with Crippen LogP contribution in [0.5, 0.6) is 0 Å². The summed E-state index contributed by atoms with van der Waals surface area (Å²) < 4.78 is 5.11. The fourth-order valence-corrected chi connectivity index (χ4v) is 1.30. The van der Waals surface area contributed by atoms with E-state index in [1.807, 2.05) is 0 Å². The molecule has 1 aromatic rings. The molecule has 0 saturated heterocycles.